The molecule has 58 valence electrons. The number of rotatable bonds is 1. The monoisotopic (exact) mass is 232 g/mol. The van der Waals surface area contributed by atoms with Crippen molar-refractivity contribution in [3.8, 4) is 0 Å². The minimum absolute atomic E-state index is 0.486. The summed E-state index contributed by atoms with van der Waals surface area (Å²) >= 11 is 9.10. The second kappa shape index (κ2) is 3.37. The smallest absolute Gasteiger partial charge is 0.151 e. The Balaban J connectivity index is 3.36. The quantitative estimate of drug-likeness (QED) is 0.681. The van der Waals surface area contributed by atoms with Crippen LogP contribution in [0.5, 0.6) is 0 Å². The van der Waals surface area contributed by atoms with Crippen molar-refractivity contribution in [2.75, 3.05) is 0 Å². The van der Waals surface area contributed by atoms with Gasteiger partial charge in [0.15, 0.2) is 6.29 Å². The zero-order valence-electron chi connectivity index (χ0n) is 5.90. The first-order valence-electron chi connectivity index (χ1n) is 3.06. The van der Waals surface area contributed by atoms with Crippen LogP contribution >= 0.6 is 27.5 Å². The molecule has 0 aliphatic heterocycles. The van der Waals surface area contributed by atoms with E-state index in [1.54, 1.807) is 6.07 Å². The maximum atomic E-state index is 10.4. The van der Waals surface area contributed by atoms with Crippen molar-refractivity contribution in [1.29, 1.82) is 0 Å². The summed E-state index contributed by atoms with van der Waals surface area (Å²) < 4.78 is 0.795. The summed E-state index contributed by atoms with van der Waals surface area (Å²) in [4.78, 5) is 10.4. The number of benzene rings is 1. The molecule has 0 aromatic heterocycles. The molecule has 0 unspecified atom stereocenters. The first-order chi connectivity index (χ1) is 5.16. The Morgan fingerprint density at radius 1 is 1.55 bits per heavy atom. The second-order valence-electron chi connectivity index (χ2n) is 2.22. The van der Waals surface area contributed by atoms with E-state index in [2.05, 4.69) is 15.9 Å². The summed E-state index contributed by atoms with van der Waals surface area (Å²) in [5.41, 5.74) is 1.55. The van der Waals surface area contributed by atoms with Crippen molar-refractivity contribution in [1.82, 2.24) is 0 Å². The van der Waals surface area contributed by atoms with Crippen molar-refractivity contribution >= 4 is 33.8 Å². The molecule has 0 bridgehead atoms. The lowest BCUT2D eigenvalue weighted by Gasteiger charge is -2.01. The van der Waals surface area contributed by atoms with Crippen LogP contribution < -0.4 is 0 Å². The molecular weight excluding hydrogens is 227 g/mol. The molecular formula is C8H6BrClO. The van der Waals surface area contributed by atoms with E-state index in [9.17, 15) is 4.79 Å². The second-order valence-corrected chi connectivity index (χ2v) is 3.39. The molecule has 1 rings (SSSR count). The third-order valence-corrected chi connectivity index (χ3v) is 3.09. The molecule has 0 saturated carbocycles. The molecule has 0 aliphatic rings. The van der Waals surface area contributed by atoms with E-state index in [1.807, 2.05) is 13.0 Å². The molecule has 0 atom stereocenters. The molecule has 1 aromatic rings. The van der Waals surface area contributed by atoms with E-state index < -0.39 is 0 Å². The average Bonchev–Trinajstić information content (AvgIpc) is 2.01. The number of halogens is 2. The van der Waals surface area contributed by atoms with Gasteiger partial charge in [-0.15, -0.1) is 0 Å². The summed E-state index contributed by atoms with van der Waals surface area (Å²) in [7, 11) is 0. The molecule has 0 heterocycles. The third-order valence-electron chi connectivity index (χ3n) is 1.43. The van der Waals surface area contributed by atoms with Crippen molar-refractivity contribution < 1.29 is 4.79 Å². The fourth-order valence-corrected chi connectivity index (χ4v) is 1.37. The highest BCUT2D eigenvalue weighted by Crippen LogP contribution is 2.28. The van der Waals surface area contributed by atoms with Crippen LogP contribution in [0.1, 0.15) is 15.9 Å². The molecule has 1 nitrogen and oxygen atoms in total. The van der Waals surface area contributed by atoms with Gasteiger partial charge in [0.25, 0.3) is 0 Å². The Morgan fingerprint density at radius 3 is 2.73 bits per heavy atom. The van der Waals surface area contributed by atoms with Crippen molar-refractivity contribution in [3.63, 3.8) is 0 Å². The van der Waals surface area contributed by atoms with Gasteiger partial charge in [0.2, 0.25) is 0 Å². The molecule has 0 N–H and O–H groups in total. The number of carbonyl (C=O) groups is 1. The van der Waals surface area contributed by atoms with E-state index in [-0.39, 0.29) is 0 Å². The normalized spacial score (nSPS) is 9.73. The van der Waals surface area contributed by atoms with E-state index in [0.717, 1.165) is 16.3 Å². The molecule has 11 heavy (non-hydrogen) atoms. The van der Waals surface area contributed by atoms with Crippen molar-refractivity contribution in [2.24, 2.45) is 0 Å². The van der Waals surface area contributed by atoms with Gasteiger partial charge in [0, 0.05) is 10.0 Å². The van der Waals surface area contributed by atoms with Gasteiger partial charge in [0.1, 0.15) is 0 Å². The average molecular weight is 233 g/mol. The third kappa shape index (κ3) is 1.63. The molecule has 3 heteroatoms. The number of carbonyl (C=O) groups excluding carboxylic acids is 1. The highest BCUT2D eigenvalue weighted by molar-refractivity contribution is 9.10. The minimum atomic E-state index is 0.486. The van der Waals surface area contributed by atoms with Gasteiger partial charge < -0.3 is 0 Å². The van der Waals surface area contributed by atoms with Crippen LogP contribution in [0.15, 0.2) is 16.6 Å². The molecule has 0 fully saturated rings. The Morgan fingerprint density at radius 2 is 2.18 bits per heavy atom. The largest absolute Gasteiger partial charge is 0.298 e. The van der Waals surface area contributed by atoms with Gasteiger partial charge in [0.05, 0.1) is 5.02 Å². The maximum Gasteiger partial charge on any atom is 0.151 e. The van der Waals surface area contributed by atoms with Gasteiger partial charge in [-0.25, -0.2) is 0 Å². The zero-order chi connectivity index (χ0) is 8.43. The lowest BCUT2D eigenvalue weighted by molar-refractivity contribution is 0.112. The van der Waals surface area contributed by atoms with Gasteiger partial charge >= 0.3 is 0 Å². The predicted octanol–water partition coefficient (Wildman–Crippen LogP) is 3.22. The Kier molecular flexibility index (Phi) is 2.68. The fraction of sp³-hybridized carbons (Fsp3) is 0.125. The SMILES string of the molecule is Cc1ccc(C=O)c(Cl)c1Br. The zero-order valence-corrected chi connectivity index (χ0v) is 8.24. The number of hydrogen-bond donors (Lipinski definition) is 0. The standard InChI is InChI=1S/C8H6BrClO/c1-5-2-3-6(4-11)8(10)7(5)9/h2-4H,1H3. The van der Waals surface area contributed by atoms with E-state index in [1.165, 1.54) is 0 Å². The Labute approximate surface area is 78.5 Å². The number of aryl methyl sites for hydroxylation is 1. The lowest BCUT2D eigenvalue weighted by Crippen LogP contribution is -1.85. The van der Waals surface area contributed by atoms with Gasteiger partial charge in [-0.3, -0.25) is 4.79 Å². The highest BCUT2D eigenvalue weighted by Gasteiger charge is 2.04. The molecule has 0 spiro atoms. The molecule has 0 saturated heterocycles. The van der Waals surface area contributed by atoms with Gasteiger partial charge in [-0.05, 0) is 34.5 Å². The topological polar surface area (TPSA) is 17.1 Å². The van der Waals surface area contributed by atoms with Crippen molar-refractivity contribution in [2.45, 2.75) is 6.92 Å². The molecule has 1 aromatic carbocycles. The summed E-state index contributed by atoms with van der Waals surface area (Å²) in [5, 5.41) is 0.486. The first-order valence-corrected chi connectivity index (χ1v) is 4.23. The van der Waals surface area contributed by atoms with Crippen LogP contribution in [0.3, 0.4) is 0 Å². The lowest BCUT2D eigenvalue weighted by atomic mass is 10.2. The Bertz CT molecular complexity index is 296. The van der Waals surface area contributed by atoms with Crippen LogP contribution in [0, 0.1) is 6.92 Å². The van der Waals surface area contributed by atoms with E-state index >= 15 is 0 Å². The number of hydrogen-bond acceptors (Lipinski definition) is 1. The van der Waals surface area contributed by atoms with Crippen LogP contribution in [0.25, 0.3) is 0 Å². The van der Waals surface area contributed by atoms with E-state index in [0.29, 0.717) is 10.6 Å². The van der Waals surface area contributed by atoms with Crippen molar-refractivity contribution in [3.05, 3.63) is 32.8 Å². The molecule has 0 radical (unpaired) electrons. The summed E-state index contributed by atoms with van der Waals surface area (Å²) in [6.07, 6.45) is 0.743. The minimum Gasteiger partial charge on any atom is -0.298 e. The van der Waals surface area contributed by atoms with Crippen LogP contribution in [-0.4, -0.2) is 6.29 Å². The summed E-state index contributed by atoms with van der Waals surface area (Å²) in [6, 6.07) is 3.55. The van der Waals surface area contributed by atoms with Crippen LogP contribution in [0.2, 0.25) is 5.02 Å². The van der Waals surface area contributed by atoms with Gasteiger partial charge in [-0.1, -0.05) is 17.7 Å². The summed E-state index contributed by atoms with van der Waals surface area (Å²) in [6.45, 7) is 1.92. The molecule has 0 aliphatic carbocycles. The number of aldehydes is 1. The first kappa shape index (κ1) is 8.75. The van der Waals surface area contributed by atoms with Crippen LogP contribution in [-0.2, 0) is 0 Å². The Hall–Kier alpha value is -0.340. The highest BCUT2D eigenvalue weighted by atomic mass is 79.9. The predicted molar refractivity (Wildman–Crippen MR) is 49.3 cm³/mol. The molecule has 0 amide bonds. The maximum absolute atomic E-state index is 10.4. The van der Waals surface area contributed by atoms with Crippen LogP contribution in [0.4, 0.5) is 0 Å². The van der Waals surface area contributed by atoms with E-state index in [4.69, 9.17) is 11.6 Å². The fourth-order valence-electron chi connectivity index (χ4n) is 0.752. The summed E-state index contributed by atoms with van der Waals surface area (Å²) in [5.74, 6) is 0. The van der Waals surface area contributed by atoms with Gasteiger partial charge in [-0.2, -0.15) is 0 Å².